The second-order valence-corrected chi connectivity index (χ2v) is 9.62. The van der Waals surface area contributed by atoms with Crippen molar-refractivity contribution in [3.8, 4) is 0 Å². The Balaban J connectivity index is 2.56. The van der Waals surface area contributed by atoms with Crippen LogP contribution in [0.1, 0.15) is 61.0 Å². The third-order valence-electron chi connectivity index (χ3n) is 4.17. The van der Waals surface area contributed by atoms with Gasteiger partial charge in [-0.2, -0.15) is 0 Å². The highest BCUT2D eigenvalue weighted by Crippen LogP contribution is 2.24. The number of amides is 1. The summed E-state index contributed by atoms with van der Waals surface area (Å²) >= 11 is 0. The molecule has 0 aliphatic heterocycles. The summed E-state index contributed by atoms with van der Waals surface area (Å²) in [5.41, 5.74) is 1.57. The SMILES string of the molecule is CN(c1ccc(CCNC(=O)OC(C)(C)C)cc1)C(C)(C)COC(C)(C)C. The first kappa shape index (κ1) is 23.3. The standard InChI is InChI=1S/C22H38N2O3/c1-20(2,3)26-16-22(7,8)24(9)18-12-10-17(11-13-18)14-15-23-19(25)27-21(4,5)6/h10-13H,14-16H2,1-9H3,(H,23,25). The fourth-order valence-electron chi connectivity index (χ4n) is 2.35. The molecule has 1 aromatic carbocycles. The fourth-order valence-corrected chi connectivity index (χ4v) is 2.35. The molecule has 0 heterocycles. The molecule has 1 aromatic rings. The van der Waals surface area contributed by atoms with Crippen LogP contribution in [0.3, 0.4) is 0 Å². The van der Waals surface area contributed by atoms with Crippen LogP contribution in [0.15, 0.2) is 24.3 Å². The monoisotopic (exact) mass is 378 g/mol. The molecular formula is C22H38N2O3. The highest BCUT2D eigenvalue weighted by atomic mass is 16.6. The van der Waals surface area contributed by atoms with Gasteiger partial charge in [-0.3, -0.25) is 0 Å². The number of carbonyl (C=O) groups is 1. The zero-order valence-electron chi connectivity index (χ0n) is 18.6. The Bertz CT molecular complexity index is 595. The van der Waals surface area contributed by atoms with E-state index in [-0.39, 0.29) is 17.2 Å². The maximum atomic E-state index is 11.7. The van der Waals surface area contributed by atoms with Crippen LogP contribution < -0.4 is 10.2 Å². The zero-order chi connectivity index (χ0) is 20.9. The van der Waals surface area contributed by atoms with Crippen molar-refractivity contribution in [2.75, 3.05) is 25.1 Å². The van der Waals surface area contributed by atoms with Crippen LogP contribution in [-0.4, -0.2) is 43.0 Å². The van der Waals surface area contributed by atoms with Gasteiger partial charge in [0.1, 0.15) is 5.60 Å². The lowest BCUT2D eigenvalue weighted by Gasteiger charge is -2.39. The Morgan fingerprint density at radius 2 is 1.52 bits per heavy atom. The highest BCUT2D eigenvalue weighted by molar-refractivity contribution is 5.67. The largest absolute Gasteiger partial charge is 0.444 e. The number of ether oxygens (including phenoxy) is 2. The van der Waals surface area contributed by atoms with E-state index in [1.807, 2.05) is 20.8 Å². The molecule has 0 radical (unpaired) electrons. The minimum Gasteiger partial charge on any atom is -0.444 e. The lowest BCUT2D eigenvalue weighted by atomic mass is 10.0. The van der Waals surface area contributed by atoms with Crippen molar-refractivity contribution >= 4 is 11.8 Å². The molecule has 0 aliphatic carbocycles. The Hall–Kier alpha value is -1.75. The van der Waals surface area contributed by atoms with Crippen LogP contribution >= 0.6 is 0 Å². The number of benzene rings is 1. The molecular weight excluding hydrogens is 340 g/mol. The number of nitrogens with zero attached hydrogens (tertiary/aromatic N) is 1. The summed E-state index contributed by atoms with van der Waals surface area (Å²) in [5.74, 6) is 0. The summed E-state index contributed by atoms with van der Waals surface area (Å²) in [6.45, 7) is 17.3. The van der Waals surface area contributed by atoms with Gasteiger partial charge in [-0.1, -0.05) is 12.1 Å². The smallest absolute Gasteiger partial charge is 0.407 e. The third-order valence-corrected chi connectivity index (χ3v) is 4.17. The quantitative estimate of drug-likeness (QED) is 0.741. The second-order valence-electron chi connectivity index (χ2n) is 9.62. The first-order chi connectivity index (χ1) is 12.2. The Labute approximate surface area is 165 Å². The Morgan fingerprint density at radius 1 is 0.963 bits per heavy atom. The highest BCUT2D eigenvalue weighted by Gasteiger charge is 2.26. The number of likely N-dealkylation sites (N-methyl/N-ethyl adjacent to an activating group) is 1. The lowest BCUT2D eigenvalue weighted by Crippen LogP contribution is -2.46. The van der Waals surface area contributed by atoms with Crippen LogP contribution in [0.2, 0.25) is 0 Å². The molecule has 0 bridgehead atoms. The number of anilines is 1. The molecule has 0 aromatic heterocycles. The molecule has 0 saturated heterocycles. The van der Waals surface area contributed by atoms with Crippen LogP contribution in [0.25, 0.3) is 0 Å². The first-order valence-corrected chi connectivity index (χ1v) is 9.63. The van der Waals surface area contributed by atoms with Gasteiger partial charge in [-0.15, -0.1) is 0 Å². The van der Waals surface area contributed by atoms with E-state index < -0.39 is 5.60 Å². The summed E-state index contributed by atoms with van der Waals surface area (Å²) in [5, 5.41) is 2.79. The van der Waals surface area contributed by atoms with Gasteiger partial charge in [0.25, 0.3) is 0 Å². The molecule has 0 fully saturated rings. The van der Waals surface area contributed by atoms with E-state index >= 15 is 0 Å². The van der Waals surface area contributed by atoms with E-state index in [2.05, 4.69) is 76.1 Å². The van der Waals surface area contributed by atoms with E-state index in [1.54, 1.807) is 0 Å². The van der Waals surface area contributed by atoms with E-state index in [9.17, 15) is 4.79 Å². The van der Waals surface area contributed by atoms with Gasteiger partial charge in [0.2, 0.25) is 0 Å². The van der Waals surface area contributed by atoms with Crippen molar-refractivity contribution in [2.24, 2.45) is 0 Å². The van der Waals surface area contributed by atoms with Crippen molar-refractivity contribution in [3.63, 3.8) is 0 Å². The van der Waals surface area contributed by atoms with Crippen LogP contribution in [0.5, 0.6) is 0 Å². The van der Waals surface area contributed by atoms with E-state index in [1.165, 1.54) is 5.56 Å². The topological polar surface area (TPSA) is 50.8 Å². The van der Waals surface area contributed by atoms with Crippen LogP contribution in [-0.2, 0) is 15.9 Å². The molecule has 154 valence electrons. The molecule has 1 N–H and O–H groups in total. The zero-order valence-corrected chi connectivity index (χ0v) is 18.6. The molecule has 5 heteroatoms. The van der Waals surface area contributed by atoms with Gasteiger partial charge in [-0.25, -0.2) is 4.79 Å². The second kappa shape index (κ2) is 8.96. The molecule has 27 heavy (non-hydrogen) atoms. The van der Waals surface area contributed by atoms with Gasteiger partial charge in [0.15, 0.2) is 0 Å². The number of alkyl carbamates (subject to hydrolysis) is 1. The summed E-state index contributed by atoms with van der Waals surface area (Å²) in [4.78, 5) is 13.9. The van der Waals surface area contributed by atoms with Gasteiger partial charge in [-0.05, 0) is 79.5 Å². The lowest BCUT2D eigenvalue weighted by molar-refractivity contribution is -0.0237. The minimum absolute atomic E-state index is 0.118. The van der Waals surface area contributed by atoms with Gasteiger partial charge < -0.3 is 19.7 Å². The van der Waals surface area contributed by atoms with Crippen molar-refractivity contribution < 1.29 is 14.3 Å². The molecule has 0 saturated carbocycles. The molecule has 1 rings (SSSR count). The normalized spacial score (nSPS) is 12.6. The number of nitrogens with one attached hydrogen (secondary N) is 1. The molecule has 0 atom stereocenters. The molecule has 0 aliphatic rings. The van der Waals surface area contributed by atoms with Crippen molar-refractivity contribution in [3.05, 3.63) is 29.8 Å². The molecule has 1 amide bonds. The van der Waals surface area contributed by atoms with E-state index in [0.717, 1.165) is 12.1 Å². The summed E-state index contributed by atoms with van der Waals surface area (Å²) in [6, 6.07) is 8.43. The minimum atomic E-state index is -0.472. The maximum absolute atomic E-state index is 11.7. The molecule has 0 unspecified atom stereocenters. The average molecular weight is 379 g/mol. The van der Waals surface area contributed by atoms with Gasteiger partial charge in [0.05, 0.1) is 17.7 Å². The van der Waals surface area contributed by atoms with E-state index in [4.69, 9.17) is 9.47 Å². The number of carbonyl (C=O) groups excluding carboxylic acids is 1. The summed E-state index contributed by atoms with van der Waals surface area (Å²) < 4.78 is 11.2. The maximum Gasteiger partial charge on any atom is 0.407 e. The van der Waals surface area contributed by atoms with Crippen molar-refractivity contribution in [1.82, 2.24) is 5.32 Å². The number of hydrogen-bond donors (Lipinski definition) is 1. The predicted octanol–water partition coefficient (Wildman–Crippen LogP) is 4.78. The predicted molar refractivity (Wildman–Crippen MR) is 113 cm³/mol. The summed E-state index contributed by atoms with van der Waals surface area (Å²) in [6.07, 6.45) is 0.388. The number of hydrogen-bond acceptors (Lipinski definition) is 4. The number of rotatable bonds is 7. The average Bonchev–Trinajstić information content (AvgIpc) is 2.51. The summed E-state index contributed by atoms with van der Waals surface area (Å²) in [7, 11) is 2.09. The van der Waals surface area contributed by atoms with Gasteiger partial charge >= 0.3 is 6.09 Å². The van der Waals surface area contributed by atoms with Crippen LogP contribution in [0, 0.1) is 0 Å². The fraction of sp³-hybridized carbons (Fsp3) is 0.682. The Kier molecular flexibility index (Phi) is 7.73. The Morgan fingerprint density at radius 3 is 2.00 bits per heavy atom. The van der Waals surface area contributed by atoms with Gasteiger partial charge in [0, 0.05) is 19.3 Å². The van der Waals surface area contributed by atoms with Crippen molar-refractivity contribution in [1.29, 1.82) is 0 Å². The van der Waals surface area contributed by atoms with E-state index in [0.29, 0.717) is 13.2 Å². The molecule has 0 spiro atoms. The third kappa shape index (κ3) is 9.14. The van der Waals surface area contributed by atoms with Crippen molar-refractivity contribution in [2.45, 2.75) is 78.6 Å². The first-order valence-electron chi connectivity index (χ1n) is 9.63. The molecule has 5 nitrogen and oxygen atoms in total. The van der Waals surface area contributed by atoms with Crippen LogP contribution in [0.4, 0.5) is 10.5 Å².